The van der Waals surface area contributed by atoms with Gasteiger partial charge < -0.3 is 24.4 Å². The van der Waals surface area contributed by atoms with Crippen molar-refractivity contribution in [3.05, 3.63) is 47.5 Å². The largest absolute Gasteiger partial charge is 0.493 e. The Morgan fingerprint density at radius 3 is 2.74 bits per heavy atom. The quantitative estimate of drug-likeness (QED) is 0.793. The average molecular weight is 424 g/mol. The van der Waals surface area contributed by atoms with E-state index in [1.807, 2.05) is 11.0 Å². The van der Waals surface area contributed by atoms with Gasteiger partial charge in [-0.15, -0.1) is 0 Å². The molecule has 2 heterocycles. The van der Waals surface area contributed by atoms with Crippen LogP contribution >= 0.6 is 0 Å². The van der Waals surface area contributed by atoms with Gasteiger partial charge in [-0.1, -0.05) is 6.07 Å². The number of carbonyl (C=O) groups excluding carboxylic acids is 2. The molecular formula is C24H28N2O5. The van der Waals surface area contributed by atoms with Crippen molar-refractivity contribution in [2.45, 2.75) is 38.1 Å². The summed E-state index contributed by atoms with van der Waals surface area (Å²) in [4.78, 5) is 27.8. The van der Waals surface area contributed by atoms with Crippen LogP contribution in [0.1, 0.15) is 41.6 Å². The van der Waals surface area contributed by atoms with Gasteiger partial charge in [0.1, 0.15) is 5.75 Å². The number of ether oxygens (including phenoxy) is 3. The molecule has 0 saturated carbocycles. The fraction of sp³-hybridized carbons (Fsp3) is 0.417. The molecule has 164 valence electrons. The third-order valence-corrected chi connectivity index (χ3v) is 5.90. The fourth-order valence-electron chi connectivity index (χ4n) is 4.31. The Labute approximate surface area is 182 Å². The minimum atomic E-state index is -0.178. The number of hydrogen-bond donors (Lipinski definition) is 1. The zero-order valence-electron chi connectivity index (χ0n) is 18.0. The second kappa shape index (κ2) is 9.29. The molecule has 1 atom stereocenters. The number of nitrogens with zero attached hydrogens (tertiary/aromatic N) is 1. The second-order valence-corrected chi connectivity index (χ2v) is 7.91. The lowest BCUT2D eigenvalue weighted by Gasteiger charge is -2.37. The van der Waals surface area contributed by atoms with Gasteiger partial charge in [0, 0.05) is 24.7 Å². The maximum atomic E-state index is 13.2. The van der Waals surface area contributed by atoms with Crippen molar-refractivity contribution in [2.24, 2.45) is 0 Å². The molecule has 31 heavy (non-hydrogen) atoms. The van der Waals surface area contributed by atoms with Crippen molar-refractivity contribution in [3.63, 3.8) is 0 Å². The van der Waals surface area contributed by atoms with Crippen LogP contribution in [0.15, 0.2) is 36.4 Å². The Morgan fingerprint density at radius 1 is 1.10 bits per heavy atom. The number of amides is 2. The summed E-state index contributed by atoms with van der Waals surface area (Å²) in [6.45, 7) is 1.37. The Morgan fingerprint density at radius 2 is 1.94 bits per heavy atom. The summed E-state index contributed by atoms with van der Waals surface area (Å²) < 4.78 is 16.4. The Balaban J connectivity index is 1.50. The lowest BCUT2D eigenvalue weighted by molar-refractivity contribution is -0.115. The van der Waals surface area contributed by atoms with Crippen molar-refractivity contribution >= 4 is 17.5 Å². The third kappa shape index (κ3) is 4.60. The van der Waals surface area contributed by atoms with E-state index in [1.165, 1.54) is 0 Å². The molecule has 1 unspecified atom stereocenters. The summed E-state index contributed by atoms with van der Waals surface area (Å²) in [5, 5.41) is 2.90. The van der Waals surface area contributed by atoms with Gasteiger partial charge in [-0.3, -0.25) is 9.59 Å². The Hall–Kier alpha value is -3.22. The zero-order chi connectivity index (χ0) is 21.8. The van der Waals surface area contributed by atoms with Gasteiger partial charge in [-0.25, -0.2) is 0 Å². The topological polar surface area (TPSA) is 77.1 Å². The highest BCUT2D eigenvalue weighted by molar-refractivity contribution is 6.00. The average Bonchev–Trinajstić information content (AvgIpc) is 2.78. The summed E-state index contributed by atoms with van der Waals surface area (Å²) >= 11 is 0. The maximum absolute atomic E-state index is 13.2. The molecule has 4 rings (SSSR count). The molecule has 2 aromatic carbocycles. The zero-order valence-corrected chi connectivity index (χ0v) is 18.0. The number of hydrogen-bond acceptors (Lipinski definition) is 5. The standard InChI is InChI=1S/C24H28N2O5/c1-29-21-8-6-16(13-22(21)30-2)14-23(27)25-17-7-9-20-19(15-17)24(28)26-11-4-3-5-18(26)10-12-31-20/h6-9,13,15,18H,3-5,10-12,14H2,1-2H3,(H,25,27). The van der Waals surface area contributed by atoms with Gasteiger partial charge >= 0.3 is 0 Å². The van der Waals surface area contributed by atoms with E-state index in [1.54, 1.807) is 44.6 Å². The predicted molar refractivity (Wildman–Crippen MR) is 117 cm³/mol. The molecule has 2 aromatic rings. The molecule has 0 aliphatic carbocycles. The predicted octanol–water partition coefficient (Wildman–Crippen LogP) is 3.66. The molecule has 1 N–H and O–H groups in total. The van der Waals surface area contributed by atoms with Crippen LogP contribution in [0.3, 0.4) is 0 Å². The summed E-state index contributed by atoms with van der Waals surface area (Å²) in [7, 11) is 3.13. The molecule has 0 radical (unpaired) electrons. The first-order chi connectivity index (χ1) is 15.1. The first-order valence-corrected chi connectivity index (χ1v) is 10.7. The smallest absolute Gasteiger partial charge is 0.257 e. The van der Waals surface area contributed by atoms with Crippen LogP contribution in [-0.4, -0.2) is 50.1 Å². The molecule has 1 fully saturated rings. The third-order valence-electron chi connectivity index (χ3n) is 5.90. The van der Waals surface area contributed by atoms with E-state index in [2.05, 4.69) is 5.32 Å². The lowest BCUT2D eigenvalue weighted by atomic mass is 9.97. The normalized spacial score (nSPS) is 18.1. The number of piperidine rings is 1. The van der Waals surface area contributed by atoms with Gasteiger partial charge in [0.25, 0.3) is 5.91 Å². The van der Waals surface area contributed by atoms with Crippen molar-refractivity contribution in [2.75, 3.05) is 32.7 Å². The van der Waals surface area contributed by atoms with E-state index in [0.717, 1.165) is 37.8 Å². The molecular weight excluding hydrogens is 396 g/mol. The minimum absolute atomic E-state index is 0.0182. The fourth-order valence-corrected chi connectivity index (χ4v) is 4.31. The van der Waals surface area contributed by atoms with Gasteiger partial charge in [0.15, 0.2) is 11.5 Å². The molecule has 1 saturated heterocycles. The van der Waals surface area contributed by atoms with Gasteiger partial charge in [0.05, 0.1) is 32.8 Å². The second-order valence-electron chi connectivity index (χ2n) is 7.91. The van der Waals surface area contributed by atoms with E-state index >= 15 is 0 Å². The van der Waals surface area contributed by atoms with Gasteiger partial charge in [0.2, 0.25) is 5.91 Å². The Bertz CT molecular complexity index is 974. The SMILES string of the molecule is COc1ccc(CC(=O)Nc2ccc3c(c2)C(=O)N2CCCCC2CCO3)cc1OC. The number of methoxy groups -OCH3 is 2. The number of carbonyl (C=O) groups is 2. The summed E-state index contributed by atoms with van der Waals surface area (Å²) in [5.74, 6) is 1.57. The number of fused-ring (bicyclic) bond motifs is 2. The first kappa shape index (κ1) is 21.0. The van der Waals surface area contributed by atoms with Crippen LogP contribution in [0.2, 0.25) is 0 Å². The van der Waals surface area contributed by atoms with Crippen LogP contribution in [0.5, 0.6) is 17.2 Å². The van der Waals surface area contributed by atoms with Crippen molar-refractivity contribution in [1.82, 2.24) is 4.90 Å². The highest BCUT2D eigenvalue weighted by atomic mass is 16.5. The molecule has 7 nitrogen and oxygen atoms in total. The van der Waals surface area contributed by atoms with Crippen molar-refractivity contribution in [1.29, 1.82) is 0 Å². The molecule has 0 aromatic heterocycles. The van der Waals surface area contributed by atoms with Crippen molar-refractivity contribution < 1.29 is 23.8 Å². The molecule has 2 aliphatic heterocycles. The van der Waals surface area contributed by atoms with Crippen molar-refractivity contribution in [3.8, 4) is 17.2 Å². The van der Waals surface area contributed by atoms with Crippen LogP contribution in [0, 0.1) is 0 Å². The molecule has 0 spiro atoms. The Kier molecular flexibility index (Phi) is 6.30. The van der Waals surface area contributed by atoms with E-state index in [9.17, 15) is 9.59 Å². The monoisotopic (exact) mass is 424 g/mol. The minimum Gasteiger partial charge on any atom is -0.493 e. The van der Waals surface area contributed by atoms with E-state index in [-0.39, 0.29) is 24.3 Å². The van der Waals surface area contributed by atoms with E-state index in [4.69, 9.17) is 14.2 Å². The number of nitrogens with one attached hydrogen (secondary N) is 1. The van der Waals surface area contributed by atoms with Gasteiger partial charge in [-0.05, 0) is 55.2 Å². The summed E-state index contributed by atoms with van der Waals surface area (Å²) in [6, 6.07) is 10.9. The molecule has 2 amide bonds. The highest BCUT2D eigenvalue weighted by Gasteiger charge is 2.31. The van der Waals surface area contributed by atoms with Crippen LogP contribution in [0.25, 0.3) is 0 Å². The number of anilines is 1. The highest BCUT2D eigenvalue weighted by Crippen LogP contribution is 2.31. The van der Waals surface area contributed by atoms with Crippen LogP contribution in [0.4, 0.5) is 5.69 Å². The van der Waals surface area contributed by atoms with Gasteiger partial charge in [-0.2, -0.15) is 0 Å². The first-order valence-electron chi connectivity index (χ1n) is 10.7. The number of benzene rings is 2. The van der Waals surface area contributed by atoms with E-state index in [0.29, 0.717) is 35.1 Å². The van der Waals surface area contributed by atoms with Crippen LogP contribution in [-0.2, 0) is 11.2 Å². The maximum Gasteiger partial charge on any atom is 0.257 e. The lowest BCUT2D eigenvalue weighted by Crippen LogP contribution is -2.45. The van der Waals surface area contributed by atoms with E-state index < -0.39 is 0 Å². The number of rotatable bonds is 5. The molecule has 2 aliphatic rings. The summed E-state index contributed by atoms with van der Waals surface area (Å²) in [6.07, 6.45) is 4.23. The summed E-state index contributed by atoms with van der Waals surface area (Å²) in [5.41, 5.74) is 1.89. The van der Waals surface area contributed by atoms with Crippen LogP contribution < -0.4 is 19.5 Å². The molecule has 0 bridgehead atoms. The molecule has 7 heteroatoms.